The van der Waals surface area contributed by atoms with Crippen LogP contribution in [-0.2, 0) is 50.9 Å². The van der Waals surface area contributed by atoms with Crippen molar-refractivity contribution in [2.75, 3.05) is 0 Å². The van der Waals surface area contributed by atoms with Crippen LogP contribution in [0.5, 0.6) is 0 Å². The molecular formula is C4CaCoCuMnO12. The maximum absolute atomic E-state index is 8.33. The Labute approximate surface area is 171 Å². The minimum Gasteiger partial charge on any atom is -0.652 e. The predicted octanol–water partition coefficient (Wildman–Crippen LogP) is -10.2. The van der Waals surface area contributed by atoms with Gasteiger partial charge >= 0.3 is 88.7 Å². The largest absolute Gasteiger partial charge is 2.00 e. The molecule has 0 saturated heterocycles. The summed E-state index contributed by atoms with van der Waals surface area (Å²) in [6.45, 7) is 0. The summed E-state index contributed by atoms with van der Waals surface area (Å²) in [5.41, 5.74) is 0. The van der Waals surface area contributed by atoms with Gasteiger partial charge in [-0.1, -0.05) is 0 Å². The van der Waals surface area contributed by atoms with E-state index in [1.165, 1.54) is 0 Å². The number of carboxylic acid groups (broad SMARTS) is 8. The molecule has 0 spiro atoms. The van der Waals surface area contributed by atoms with Gasteiger partial charge in [-0.25, -0.2) is 0 Å². The van der Waals surface area contributed by atoms with Crippen LogP contribution in [0.15, 0.2) is 0 Å². The van der Waals surface area contributed by atoms with E-state index in [9.17, 15) is 0 Å². The van der Waals surface area contributed by atoms with Crippen molar-refractivity contribution >= 4 is 62.4 Å². The molecular weight excluding hydrogens is 458 g/mol. The van der Waals surface area contributed by atoms with E-state index in [-0.39, 0.29) is 88.7 Å². The van der Waals surface area contributed by atoms with E-state index in [4.69, 9.17) is 60.0 Å². The summed E-state index contributed by atoms with van der Waals surface area (Å²) >= 11 is 0. The van der Waals surface area contributed by atoms with E-state index < -0.39 is 24.6 Å². The number of carbonyl (C=O) groups is 4. The Morgan fingerprint density at radius 3 is 0.500 bits per heavy atom. The van der Waals surface area contributed by atoms with Crippen molar-refractivity contribution < 1.29 is 111 Å². The van der Waals surface area contributed by atoms with E-state index >= 15 is 0 Å². The Balaban J connectivity index is -0.0000000150. The summed E-state index contributed by atoms with van der Waals surface area (Å²) in [7, 11) is 0. The third-order valence-electron chi connectivity index (χ3n) is 0. The second-order valence-electron chi connectivity index (χ2n) is 1.00. The van der Waals surface area contributed by atoms with Gasteiger partial charge in [0.25, 0.3) is 0 Å². The molecule has 20 heavy (non-hydrogen) atoms. The molecule has 3 radical (unpaired) electrons. The van der Waals surface area contributed by atoms with Gasteiger partial charge in [0.15, 0.2) is 0 Å². The van der Waals surface area contributed by atoms with Gasteiger partial charge in [-0.15, -0.1) is 0 Å². The van der Waals surface area contributed by atoms with Gasteiger partial charge in [-0.2, -0.15) is 0 Å². The summed E-state index contributed by atoms with van der Waals surface area (Å²) < 4.78 is 0. The maximum Gasteiger partial charge on any atom is 2.00 e. The van der Waals surface area contributed by atoms with Gasteiger partial charge in [-0.3, -0.25) is 0 Å². The molecule has 0 atom stereocenters. The average molecular weight is 458 g/mol. The Morgan fingerprint density at radius 2 is 0.500 bits per heavy atom. The minimum absolute atomic E-state index is 0. The van der Waals surface area contributed by atoms with Crippen LogP contribution in [0.2, 0.25) is 0 Å². The molecule has 0 aliphatic heterocycles. The van der Waals surface area contributed by atoms with Crippen molar-refractivity contribution in [2.24, 2.45) is 0 Å². The van der Waals surface area contributed by atoms with Crippen LogP contribution < -0.4 is 40.9 Å². The second kappa shape index (κ2) is 42.8. The predicted molar refractivity (Wildman–Crippen MR) is 27.3 cm³/mol. The number of hydrogen-bond donors (Lipinski definition) is 0. The fourth-order valence-corrected chi connectivity index (χ4v) is 0. The van der Waals surface area contributed by atoms with Gasteiger partial charge < -0.3 is 60.0 Å². The van der Waals surface area contributed by atoms with Crippen LogP contribution in [0.25, 0.3) is 0 Å². The van der Waals surface area contributed by atoms with Crippen LogP contribution in [0.3, 0.4) is 0 Å². The van der Waals surface area contributed by atoms with E-state index in [0.29, 0.717) is 0 Å². The maximum atomic E-state index is 8.33. The van der Waals surface area contributed by atoms with E-state index in [1.807, 2.05) is 0 Å². The summed E-state index contributed by atoms with van der Waals surface area (Å²) in [5, 5.41) is 66.7. The smallest absolute Gasteiger partial charge is 0.652 e. The molecule has 16 heteroatoms. The van der Waals surface area contributed by atoms with Crippen molar-refractivity contribution in [1.82, 2.24) is 0 Å². The van der Waals surface area contributed by atoms with Crippen LogP contribution >= 0.6 is 0 Å². The van der Waals surface area contributed by atoms with Crippen molar-refractivity contribution in [3.05, 3.63) is 0 Å². The monoisotopic (exact) mass is 457 g/mol. The molecule has 12 nitrogen and oxygen atoms in total. The standard InChI is InChI=1S/4CH2O3.Ca.Co.Cu.Mn/c4*2-1(3)4;;;;/h4*(H2,2,3,4);;;;/q;;;;4*+2/p-8. The first-order valence-electron chi connectivity index (χ1n) is 2.45. The van der Waals surface area contributed by atoms with E-state index in [2.05, 4.69) is 0 Å². The summed E-state index contributed by atoms with van der Waals surface area (Å²) in [6, 6.07) is 0. The molecule has 0 rings (SSSR count). The third-order valence-corrected chi connectivity index (χ3v) is 0. The fourth-order valence-electron chi connectivity index (χ4n) is 0. The van der Waals surface area contributed by atoms with E-state index in [0.717, 1.165) is 0 Å². The zero-order chi connectivity index (χ0) is 14.3. The van der Waals surface area contributed by atoms with Gasteiger partial charge in [-0.05, 0) is 24.6 Å². The normalized spacial score (nSPS) is 4.80. The molecule has 0 fully saturated rings. The quantitative estimate of drug-likeness (QED) is 0.307. The first kappa shape index (κ1) is 50.2. The molecule has 0 aromatic rings. The zero-order valence-corrected chi connectivity index (χ0v) is 14.0. The topological polar surface area (TPSA) is 253 Å². The fraction of sp³-hybridized carbons (Fsp3) is 0. The van der Waals surface area contributed by atoms with Crippen LogP contribution in [0.1, 0.15) is 0 Å². The molecule has 0 N–H and O–H groups in total. The van der Waals surface area contributed by atoms with Crippen molar-refractivity contribution in [1.29, 1.82) is 0 Å². The summed E-state index contributed by atoms with van der Waals surface area (Å²) in [4.78, 5) is 33.3. The second-order valence-corrected chi connectivity index (χ2v) is 1.00. The third kappa shape index (κ3) is 387000. The summed E-state index contributed by atoms with van der Waals surface area (Å²) in [6.07, 6.45) is -9.33. The Hall–Kier alpha value is -0.115. The number of rotatable bonds is 0. The molecule has 0 heterocycles. The molecule has 117 valence electrons. The molecule has 0 aliphatic rings. The Morgan fingerprint density at radius 1 is 0.500 bits per heavy atom. The van der Waals surface area contributed by atoms with Gasteiger partial charge in [0, 0.05) is 0 Å². The molecule has 0 bridgehead atoms. The van der Waals surface area contributed by atoms with Crippen molar-refractivity contribution in [3.8, 4) is 0 Å². The number of hydrogen-bond acceptors (Lipinski definition) is 12. The minimum atomic E-state index is -2.33. The SMILES string of the molecule is O=C([O-])[O-].O=C([O-])[O-].O=C([O-])[O-].O=C([O-])[O-].[Ca+2].[Co+2].[Cu+2].[Mn+2]. The molecule has 0 unspecified atom stereocenters. The zero-order valence-electron chi connectivity index (χ0n) is 8.62. The first-order valence-corrected chi connectivity index (χ1v) is 2.45. The Kier molecular flexibility index (Phi) is 107. The number of carbonyl (C=O) groups excluding carboxylic acids is 4. The van der Waals surface area contributed by atoms with E-state index in [1.54, 1.807) is 0 Å². The summed E-state index contributed by atoms with van der Waals surface area (Å²) in [5.74, 6) is 0. The van der Waals surface area contributed by atoms with Crippen molar-refractivity contribution in [3.63, 3.8) is 0 Å². The molecule has 0 aromatic heterocycles. The van der Waals surface area contributed by atoms with Gasteiger partial charge in [0.05, 0.1) is 0 Å². The van der Waals surface area contributed by atoms with Crippen molar-refractivity contribution in [2.45, 2.75) is 0 Å². The molecule has 0 saturated carbocycles. The molecule has 0 aromatic carbocycles. The molecule has 0 aliphatic carbocycles. The van der Waals surface area contributed by atoms with Crippen LogP contribution in [0, 0.1) is 0 Å². The van der Waals surface area contributed by atoms with Crippen LogP contribution in [0.4, 0.5) is 19.2 Å². The first-order chi connectivity index (χ1) is 6.93. The Bertz CT molecular complexity index is 175. The van der Waals surface area contributed by atoms with Crippen LogP contribution in [-0.4, -0.2) is 62.4 Å². The average Bonchev–Trinajstić information content (AvgIpc) is 1.76. The van der Waals surface area contributed by atoms with Gasteiger partial charge in [0.2, 0.25) is 0 Å². The van der Waals surface area contributed by atoms with Gasteiger partial charge in [0.1, 0.15) is 0 Å². The molecule has 0 amide bonds.